The number of hydrogen-bond donors (Lipinski definition) is 0. The number of benzene rings is 2. The first-order valence-electron chi connectivity index (χ1n) is 6.49. The predicted octanol–water partition coefficient (Wildman–Crippen LogP) is 3.18. The molecule has 1 saturated carbocycles. The van der Waals surface area contributed by atoms with Crippen molar-refractivity contribution in [3.05, 3.63) is 35.9 Å². The number of aliphatic imine (C=N–C) groups is 1. The van der Waals surface area contributed by atoms with E-state index in [9.17, 15) is 4.79 Å². The first-order valence-corrected chi connectivity index (χ1v) is 6.49. The van der Waals surface area contributed by atoms with Crippen molar-refractivity contribution in [1.82, 2.24) is 0 Å². The number of nitrogens with zero attached hydrogens (tertiary/aromatic N) is 1. The van der Waals surface area contributed by atoms with E-state index in [-0.39, 0.29) is 0 Å². The molecule has 0 aliphatic heterocycles. The largest absolute Gasteiger partial charge is 0.496 e. The topological polar surface area (TPSA) is 47.9 Å². The Labute approximate surface area is 117 Å². The van der Waals surface area contributed by atoms with E-state index in [1.54, 1.807) is 20.3 Å². The van der Waals surface area contributed by atoms with Crippen LogP contribution in [0.4, 0.5) is 0 Å². The molecule has 0 unspecified atom stereocenters. The highest BCUT2D eigenvalue weighted by Crippen LogP contribution is 2.53. The Morgan fingerprint density at radius 2 is 1.90 bits per heavy atom. The van der Waals surface area contributed by atoms with Crippen LogP contribution in [-0.2, 0) is 10.3 Å². The van der Waals surface area contributed by atoms with E-state index in [1.807, 2.05) is 30.3 Å². The maximum atomic E-state index is 10.6. The molecule has 4 heteroatoms. The first kappa shape index (κ1) is 12.7. The SMILES string of the molecule is COc1cccc2c(OC)c(C3(N=C=O)CC3)ccc12. The summed E-state index contributed by atoms with van der Waals surface area (Å²) in [6, 6.07) is 9.79. The fourth-order valence-corrected chi connectivity index (χ4v) is 2.71. The van der Waals surface area contributed by atoms with Gasteiger partial charge in [-0.15, -0.1) is 0 Å². The zero-order valence-electron chi connectivity index (χ0n) is 11.5. The highest BCUT2D eigenvalue weighted by Gasteiger charge is 2.47. The minimum atomic E-state index is -0.440. The van der Waals surface area contributed by atoms with Gasteiger partial charge in [0.25, 0.3) is 0 Å². The van der Waals surface area contributed by atoms with Gasteiger partial charge in [-0.05, 0) is 18.9 Å². The molecule has 4 nitrogen and oxygen atoms in total. The van der Waals surface area contributed by atoms with E-state index in [1.165, 1.54) is 0 Å². The maximum absolute atomic E-state index is 10.6. The smallest absolute Gasteiger partial charge is 0.235 e. The molecule has 1 fully saturated rings. The van der Waals surface area contributed by atoms with Crippen LogP contribution in [0.2, 0.25) is 0 Å². The zero-order chi connectivity index (χ0) is 14.2. The monoisotopic (exact) mass is 269 g/mol. The number of ether oxygens (including phenoxy) is 2. The second-order valence-corrected chi connectivity index (χ2v) is 4.94. The summed E-state index contributed by atoms with van der Waals surface area (Å²) < 4.78 is 11.0. The molecule has 0 radical (unpaired) electrons. The standard InChI is InChI=1S/C16H15NO3/c1-19-14-5-3-4-12-11(14)6-7-13(15(12)20-2)16(8-9-16)17-10-18/h3-7H,8-9H2,1-2H3. The van der Waals surface area contributed by atoms with E-state index in [0.717, 1.165) is 40.7 Å². The quantitative estimate of drug-likeness (QED) is 0.632. The van der Waals surface area contributed by atoms with Crippen LogP contribution < -0.4 is 9.47 Å². The van der Waals surface area contributed by atoms with Crippen LogP contribution >= 0.6 is 0 Å². The van der Waals surface area contributed by atoms with Gasteiger partial charge in [0.2, 0.25) is 6.08 Å². The van der Waals surface area contributed by atoms with Crippen LogP contribution in [0.3, 0.4) is 0 Å². The minimum Gasteiger partial charge on any atom is -0.496 e. The summed E-state index contributed by atoms with van der Waals surface area (Å²) in [4.78, 5) is 14.6. The van der Waals surface area contributed by atoms with Crippen LogP contribution in [0.5, 0.6) is 11.5 Å². The zero-order valence-corrected chi connectivity index (χ0v) is 11.5. The van der Waals surface area contributed by atoms with Crippen LogP contribution in [-0.4, -0.2) is 20.3 Å². The molecule has 1 aliphatic rings. The van der Waals surface area contributed by atoms with Gasteiger partial charge in [0.1, 0.15) is 17.0 Å². The molecule has 102 valence electrons. The van der Waals surface area contributed by atoms with Crippen molar-refractivity contribution in [2.45, 2.75) is 18.4 Å². The number of isocyanates is 1. The fourth-order valence-electron chi connectivity index (χ4n) is 2.71. The lowest BCUT2D eigenvalue weighted by Gasteiger charge is -2.17. The predicted molar refractivity (Wildman–Crippen MR) is 76.1 cm³/mol. The summed E-state index contributed by atoms with van der Waals surface area (Å²) in [5, 5.41) is 1.96. The lowest BCUT2D eigenvalue weighted by molar-refractivity contribution is 0.408. The van der Waals surface area contributed by atoms with Crippen molar-refractivity contribution in [2.24, 2.45) is 4.99 Å². The highest BCUT2D eigenvalue weighted by molar-refractivity contribution is 5.94. The molecule has 0 spiro atoms. The lowest BCUT2D eigenvalue weighted by Crippen LogP contribution is -2.05. The lowest BCUT2D eigenvalue weighted by atomic mass is 9.98. The summed E-state index contributed by atoms with van der Waals surface area (Å²) in [6.45, 7) is 0. The summed E-state index contributed by atoms with van der Waals surface area (Å²) in [7, 11) is 3.28. The summed E-state index contributed by atoms with van der Waals surface area (Å²) in [5.74, 6) is 1.56. The first-order chi connectivity index (χ1) is 9.75. The van der Waals surface area contributed by atoms with Gasteiger partial charge >= 0.3 is 0 Å². The van der Waals surface area contributed by atoms with Crippen molar-refractivity contribution in [2.75, 3.05) is 14.2 Å². The second-order valence-electron chi connectivity index (χ2n) is 4.94. The molecule has 0 bridgehead atoms. The molecular weight excluding hydrogens is 254 g/mol. The van der Waals surface area contributed by atoms with E-state index in [0.29, 0.717) is 0 Å². The van der Waals surface area contributed by atoms with Crippen LogP contribution in [0.1, 0.15) is 18.4 Å². The number of fused-ring (bicyclic) bond motifs is 1. The summed E-state index contributed by atoms with van der Waals surface area (Å²) in [6.07, 6.45) is 3.40. The molecule has 2 aromatic rings. The molecule has 0 aromatic heterocycles. The number of hydrogen-bond acceptors (Lipinski definition) is 4. The van der Waals surface area contributed by atoms with Gasteiger partial charge in [-0.3, -0.25) is 0 Å². The van der Waals surface area contributed by atoms with Gasteiger partial charge in [-0.1, -0.05) is 24.3 Å². The molecule has 0 N–H and O–H groups in total. The van der Waals surface area contributed by atoms with E-state index in [4.69, 9.17) is 9.47 Å². The summed E-state index contributed by atoms with van der Waals surface area (Å²) >= 11 is 0. The average Bonchev–Trinajstić information content (AvgIpc) is 3.26. The van der Waals surface area contributed by atoms with Crippen LogP contribution in [0, 0.1) is 0 Å². The van der Waals surface area contributed by atoms with Crippen molar-refractivity contribution in [3.8, 4) is 11.5 Å². The fraction of sp³-hybridized carbons (Fsp3) is 0.312. The summed E-state index contributed by atoms with van der Waals surface area (Å²) in [5.41, 5.74) is 0.508. The third-order valence-corrected chi connectivity index (χ3v) is 3.88. The molecule has 0 amide bonds. The van der Waals surface area contributed by atoms with E-state index in [2.05, 4.69) is 4.99 Å². The van der Waals surface area contributed by atoms with E-state index >= 15 is 0 Å². The van der Waals surface area contributed by atoms with Gasteiger partial charge in [-0.25, -0.2) is 4.79 Å². The van der Waals surface area contributed by atoms with Gasteiger partial charge in [0.15, 0.2) is 0 Å². The van der Waals surface area contributed by atoms with Crippen molar-refractivity contribution in [3.63, 3.8) is 0 Å². The van der Waals surface area contributed by atoms with Crippen LogP contribution in [0.15, 0.2) is 35.3 Å². The molecule has 2 aromatic carbocycles. The average molecular weight is 269 g/mol. The molecule has 0 atom stereocenters. The Morgan fingerprint density at radius 1 is 1.10 bits per heavy atom. The van der Waals surface area contributed by atoms with Crippen LogP contribution in [0.25, 0.3) is 10.8 Å². The van der Waals surface area contributed by atoms with Crippen molar-refractivity contribution >= 4 is 16.9 Å². The van der Waals surface area contributed by atoms with Gasteiger partial charge in [0.05, 0.1) is 14.2 Å². The Balaban J connectivity index is 2.28. The Kier molecular flexibility index (Phi) is 2.96. The maximum Gasteiger partial charge on any atom is 0.235 e. The van der Waals surface area contributed by atoms with Crippen molar-refractivity contribution in [1.29, 1.82) is 0 Å². The highest BCUT2D eigenvalue weighted by atomic mass is 16.5. The van der Waals surface area contributed by atoms with Gasteiger partial charge in [0, 0.05) is 16.3 Å². The number of methoxy groups -OCH3 is 2. The molecule has 0 heterocycles. The second kappa shape index (κ2) is 4.66. The molecule has 20 heavy (non-hydrogen) atoms. The third kappa shape index (κ3) is 1.77. The molecule has 1 aliphatic carbocycles. The normalized spacial score (nSPS) is 15.5. The molecule has 3 rings (SSSR count). The minimum absolute atomic E-state index is 0.440. The Morgan fingerprint density at radius 3 is 2.50 bits per heavy atom. The van der Waals surface area contributed by atoms with Gasteiger partial charge < -0.3 is 9.47 Å². The molecular formula is C16H15NO3. The number of carbonyl (C=O) groups excluding carboxylic acids is 1. The number of rotatable bonds is 4. The van der Waals surface area contributed by atoms with E-state index < -0.39 is 5.54 Å². The third-order valence-electron chi connectivity index (χ3n) is 3.88. The van der Waals surface area contributed by atoms with Crippen molar-refractivity contribution < 1.29 is 14.3 Å². The van der Waals surface area contributed by atoms with Gasteiger partial charge in [-0.2, -0.15) is 4.99 Å². The Bertz CT molecular complexity index is 713. The Hall–Kier alpha value is -2.32. The molecule has 0 saturated heterocycles.